The van der Waals surface area contributed by atoms with E-state index in [0.717, 1.165) is 17.0 Å². The summed E-state index contributed by atoms with van der Waals surface area (Å²) in [5.41, 5.74) is 1.84. The molecule has 0 atom stereocenters. The van der Waals surface area contributed by atoms with Crippen molar-refractivity contribution in [3.63, 3.8) is 0 Å². The fourth-order valence-corrected chi connectivity index (χ4v) is 3.48. The fraction of sp³-hybridized carbons (Fsp3) is 0.714. The fourth-order valence-electron chi connectivity index (χ4n) is 2.65. The van der Waals surface area contributed by atoms with Gasteiger partial charge >= 0.3 is 0 Å². The third-order valence-electron chi connectivity index (χ3n) is 4.07. The highest BCUT2D eigenvalue weighted by Crippen LogP contribution is 2.14. The summed E-state index contributed by atoms with van der Waals surface area (Å²) in [5, 5.41) is 3.91. The van der Waals surface area contributed by atoms with Crippen LogP contribution in [0.1, 0.15) is 17.0 Å². The van der Waals surface area contributed by atoms with Gasteiger partial charge in [0.2, 0.25) is 15.9 Å². The molecule has 2 rings (SSSR count). The average molecular weight is 344 g/mol. The van der Waals surface area contributed by atoms with E-state index in [2.05, 4.69) is 5.16 Å². The van der Waals surface area contributed by atoms with E-state index in [-0.39, 0.29) is 12.5 Å². The van der Waals surface area contributed by atoms with Gasteiger partial charge in [0.05, 0.1) is 18.5 Å². The lowest BCUT2D eigenvalue weighted by Crippen LogP contribution is -2.52. The predicted octanol–water partition coefficient (Wildman–Crippen LogP) is -0.173. The number of carbonyl (C=O) groups is 1. The van der Waals surface area contributed by atoms with Gasteiger partial charge in [-0.15, -0.1) is 0 Å². The van der Waals surface area contributed by atoms with Gasteiger partial charge in [-0.25, -0.2) is 8.42 Å². The summed E-state index contributed by atoms with van der Waals surface area (Å²) in [6.45, 7) is 6.20. The Bertz CT molecular complexity index is 643. The maximum absolute atomic E-state index is 12.3. The summed E-state index contributed by atoms with van der Waals surface area (Å²) in [6, 6.07) is 0. The summed E-state index contributed by atoms with van der Waals surface area (Å²) in [4.78, 5) is 16.0. The first-order valence-electron chi connectivity index (χ1n) is 7.51. The first kappa shape index (κ1) is 17.9. The van der Waals surface area contributed by atoms with Gasteiger partial charge in [-0.05, 0) is 20.9 Å². The molecule has 1 aromatic rings. The molecule has 1 amide bonds. The molecule has 0 bridgehead atoms. The minimum atomic E-state index is -3.17. The van der Waals surface area contributed by atoms with Crippen LogP contribution in [0, 0.1) is 13.8 Å². The molecule has 0 unspecified atom stereocenters. The number of aryl methyl sites for hydroxylation is 2. The van der Waals surface area contributed by atoms with Crippen molar-refractivity contribution in [1.82, 2.24) is 19.3 Å². The quantitative estimate of drug-likeness (QED) is 0.737. The van der Waals surface area contributed by atoms with E-state index < -0.39 is 10.0 Å². The van der Waals surface area contributed by atoms with Crippen molar-refractivity contribution in [3.8, 4) is 0 Å². The third-order valence-corrected chi connectivity index (χ3v) is 5.38. The van der Waals surface area contributed by atoms with Crippen molar-refractivity contribution < 1.29 is 17.7 Å². The van der Waals surface area contributed by atoms with Crippen molar-refractivity contribution in [3.05, 3.63) is 17.0 Å². The molecular weight excluding hydrogens is 320 g/mol. The van der Waals surface area contributed by atoms with Gasteiger partial charge in [-0.3, -0.25) is 9.69 Å². The van der Waals surface area contributed by atoms with E-state index >= 15 is 0 Å². The van der Waals surface area contributed by atoms with Crippen LogP contribution >= 0.6 is 0 Å². The Morgan fingerprint density at radius 1 is 1.26 bits per heavy atom. The highest BCUT2D eigenvalue weighted by Gasteiger charge is 2.26. The highest BCUT2D eigenvalue weighted by molar-refractivity contribution is 7.88. The van der Waals surface area contributed by atoms with Crippen LogP contribution in [0.15, 0.2) is 4.52 Å². The largest absolute Gasteiger partial charge is 0.361 e. The van der Waals surface area contributed by atoms with Crippen LogP contribution < -0.4 is 0 Å². The maximum Gasteiger partial charge on any atom is 0.236 e. The Kier molecular flexibility index (Phi) is 5.43. The van der Waals surface area contributed by atoms with Gasteiger partial charge in [0.1, 0.15) is 5.76 Å². The third kappa shape index (κ3) is 4.52. The molecule has 0 saturated carbocycles. The summed E-state index contributed by atoms with van der Waals surface area (Å²) in [7, 11) is -1.30. The smallest absolute Gasteiger partial charge is 0.236 e. The van der Waals surface area contributed by atoms with Crippen molar-refractivity contribution in [2.45, 2.75) is 20.4 Å². The Labute approximate surface area is 137 Å². The first-order valence-corrected chi connectivity index (χ1v) is 9.36. The molecule has 0 aromatic carbocycles. The lowest BCUT2D eigenvalue weighted by Gasteiger charge is -2.34. The Hall–Kier alpha value is -1.45. The zero-order chi connectivity index (χ0) is 17.2. The van der Waals surface area contributed by atoms with Gasteiger partial charge in [0.25, 0.3) is 0 Å². The standard InChI is InChI=1S/C14H24N4O4S/c1-11-13(12(2)22-15-11)9-16(3)10-14(19)17-5-7-18(8-6-17)23(4,20)21/h5-10H2,1-4H3. The number of aromatic nitrogens is 1. The second kappa shape index (κ2) is 6.98. The molecule has 0 aliphatic carbocycles. The molecule has 1 aliphatic heterocycles. The van der Waals surface area contributed by atoms with Crippen molar-refractivity contribution in [1.29, 1.82) is 0 Å². The second-order valence-electron chi connectivity index (χ2n) is 6.02. The molecule has 2 heterocycles. The predicted molar refractivity (Wildman–Crippen MR) is 85.3 cm³/mol. The van der Waals surface area contributed by atoms with Gasteiger partial charge in [-0.2, -0.15) is 4.31 Å². The van der Waals surface area contributed by atoms with Crippen molar-refractivity contribution in [2.24, 2.45) is 0 Å². The molecule has 0 N–H and O–H groups in total. The Morgan fingerprint density at radius 3 is 2.35 bits per heavy atom. The topological polar surface area (TPSA) is 87.0 Å². The Balaban J connectivity index is 1.85. The molecule has 9 heteroatoms. The monoisotopic (exact) mass is 344 g/mol. The molecule has 1 aromatic heterocycles. The summed E-state index contributed by atoms with van der Waals surface area (Å²) in [5.74, 6) is 0.774. The van der Waals surface area contributed by atoms with Gasteiger partial charge in [0, 0.05) is 38.3 Å². The summed E-state index contributed by atoms with van der Waals surface area (Å²) in [6.07, 6.45) is 1.20. The lowest BCUT2D eigenvalue weighted by atomic mass is 10.2. The molecule has 130 valence electrons. The molecule has 0 radical (unpaired) electrons. The van der Waals surface area contributed by atoms with E-state index in [1.165, 1.54) is 10.6 Å². The molecular formula is C14H24N4O4S. The second-order valence-corrected chi connectivity index (χ2v) is 8.00. The van der Waals surface area contributed by atoms with Crippen LogP contribution in [-0.4, -0.2) is 79.6 Å². The normalized spacial score (nSPS) is 17.0. The van der Waals surface area contributed by atoms with E-state index in [4.69, 9.17) is 4.52 Å². The molecule has 0 spiro atoms. The van der Waals surface area contributed by atoms with Crippen molar-refractivity contribution >= 4 is 15.9 Å². The average Bonchev–Trinajstić information content (AvgIpc) is 2.78. The number of nitrogens with zero attached hydrogens (tertiary/aromatic N) is 4. The SMILES string of the molecule is Cc1noc(C)c1CN(C)CC(=O)N1CCN(S(C)(=O)=O)CC1. The number of hydrogen-bond donors (Lipinski definition) is 0. The number of sulfonamides is 1. The summed E-state index contributed by atoms with van der Waals surface area (Å²) < 4.78 is 29.5. The first-order chi connectivity index (χ1) is 10.7. The lowest BCUT2D eigenvalue weighted by molar-refractivity contribution is -0.133. The zero-order valence-electron chi connectivity index (χ0n) is 14.1. The molecule has 1 fully saturated rings. The van der Waals surface area contributed by atoms with Gasteiger partial charge in [0.15, 0.2) is 0 Å². The number of likely N-dealkylation sites (N-methyl/N-ethyl adjacent to an activating group) is 1. The number of rotatable bonds is 5. The number of piperazine rings is 1. The molecule has 1 aliphatic rings. The molecule has 1 saturated heterocycles. The number of amides is 1. The van der Waals surface area contributed by atoms with Crippen LogP contribution in [0.3, 0.4) is 0 Å². The summed E-state index contributed by atoms with van der Waals surface area (Å²) >= 11 is 0. The van der Waals surface area contributed by atoms with Gasteiger partial charge in [-0.1, -0.05) is 5.16 Å². The van der Waals surface area contributed by atoms with E-state index in [9.17, 15) is 13.2 Å². The molecule has 23 heavy (non-hydrogen) atoms. The number of hydrogen-bond acceptors (Lipinski definition) is 6. The van der Waals surface area contributed by atoms with E-state index in [0.29, 0.717) is 32.7 Å². The minimum Gasteiger partial charge on any atom is -0.361 e. The Morgan fingerprint density at radius 2 is 1.87 bits per heavy atom. The van der Waals surface area contributed by atoms with Crippen LogP contribution in [0.2, 0.25) is 0 Å². The molecule has 8 nitrogen and oxygen atoms in total. The van der Waals surface area contributed by atoms with Crippen LogP contribution in [0.4, 0.5) is 0 Å². The van der Waals surface area contributed by atoms with Crippen LogP contribution in [-0.2, 0) is 21.4 Å². The van der Waals surface area contributed by atoms with E-state index in [1.54, 1.807) is 4.90 Å². The van der Waals surface area contributed by atoms with E-state index in [1.807, 2.05) is 25.8 Å². The van der Waals surface area contributed by atoms with Crippen molar-refractivity contribution in [2.75, 3.05) is 46.0 Å². The minimum absolute atomic E-state index is 0.00686. The number of carbonyl (C=O) groups excluding carboxylic acids is 1. The highest BCUT2D eigenvalue weighted by atomic mass is 32.2. The van der Waals surface area contributed by atoms with Gasteiger partial charge < -0.3 is 9.42 Å². The zero-order valence-corrected chi connectivity index (χ0v) is 14.9. The van der Waals surface area contributed by atoms with Crippen LogP contribution in [0.25, 0.3) is 0 Å². The van der Waals surface area contributed by atoms with Crippen LogP contribution in [0.5, 0.6) is 0 Å². The maximum atomic E-state index is 12.3.